The summed E-state index contributed by atoms with van der Waals surface area (Å²) in [5, 5.41) is 0. The van der Waals surface area contributed by atoms with E-state index in [2.05, 4.69) is 30.4 Å². The van der Waals surface area contributed by atoms with Gasteiger partial charge in [0.1, 0.15) is 6.10 Å². The largest absolute Gasteiger partial charge is 0.474 e. The number of ether oxygens (including phenoxy) is 1. The van der Waals surface area contributed by atoms with Gasteiger partial charge in [0.15, 0.2) is 5.88 Å². The highest BCUT2D eigenvalue weighted by molar-refractivity contribution is 5.03. The van der Waals surface area contributed by atoms with Crippen LogP contribution in [-0.2, 0) is 4.74 Å². The molecule has 132 valence electrons. The summed E-state index contributed by atoms with van der Waals surface area (Å²) < 4.78 is 6.12. The molecule has 0 aromatic carbocycles. The number of hydrogen-bond acceptors (Lipinski definition) is 3. The maximum absolute atomic E-state index is 6.12. The van der Waals surface area contributed by atoms with Gasteiger partial charge in [0, 0.05) is 6.54 Å². The van der Waals surface area contributed by atoms with Gasteiger partial charge in [0.25, 0.3) is 0 Å². The van der Waals surface area contributed by atoms with Crippen molar-refractivity contribution < 1.29 is 4.74 Å². The van der Waals surface area contributed by atoms with Gasteiger partial charge >= 0.3 is 0 Å². The van der Waals surface area contributed by atoms with E-state index in [0.717, 1.165) is 30.8 Å². The van der Waals surface area contributed by atoms with E-state index in [0.29, 0.717) is 12.1 Å². The summed E-state index contributed by atoms with van der Waals surface area (Å²) in [6.45, 7) is 9.85. The van der Waals surface area contributed by atoms with Crippen LogP contribution in [0.5, 0.6) is 0 Å². The van der Waals surface area contributed by atoms with Crippen molar-refractivity contribution in [3.05, 3.63) is 12.5 Å². The zero-order chi connectivity index (χ0) is 16.2. The van der Waals surface area contributed by atoms with Crippen molar-refractivity contribution in [2.75, 3.05) is 26.7 Å². The second kappa shape index (κ2) is 7.92. The quantitative estimate of drug-likeness (QED) is 0.727. The van der Waals surface area contributed by atoms with Crippen molar-refractivity contribution in [3.8, 4) is 0 Å². The zero-order valence-electron chi connectivity index (χ0n) is 15.3. The fourth-order valence-corrected chi connectivity index (χ4v) is 5.04. The van der Waals surface area contributed by atoms with Gasteiger partial charge in [-0.2, -0.15) is 0 Å². The summed E-state index contributed by atoms with van der Waals surface area (Å²) in [7, 11) is 2.21. The molecule has 0 bridgehead atoms. The Morgan fingerprint density at radius 1 is 1.13 bits per heavy atom. The molecule has 2 aliphatic carbocycles. The molecule has 0 radical (unpaired) electrons. The van der Waals surface area contributed by atoms with Gasteiger partial charge in [0.2, 0.25) is 0 Å². The normalized spacial score (nSPS) is 32.2. The zero-order valence-corrected chi connectivity index (χ0v) is 15.3. The fourth-order valence-electron chi connectivity index (χ4n) is 5.04. The molecule has 3 aliphatic rings. The Kier molecular flexibility index (Phi) is 5.90. The van der Waals surface area contributed by atoms with E-state index in [4.69, 9.17) is 4.74 Å². The maximum atomic E-state index is 6.12. The summed E-state index contributed by atoms with van der Waals surface area (Å²) in [5.74, 6) is 2.88. The number of rotatable bonds is 6. The summed E-state index contributed by atoms with van der Waals surface area (Å²) in [6.07, 6.45) is 13.0. The topological polar surface area (TPSA) is 15.7 Å². The monoisotopic (exact) mass is 320 g/mol. The molecule has 2 saturated carbocycles. The van der Waals surface area contributed by atoms with Crippen LogP contribution in [0.2, 0.25) is 0 Å². The third kappa shape index (κ3) is 4.04. The van der Waals surface area contributed by atoms with Gasteiger partial charge in [0.05, 0.1) is 6.04 Å². The Morgan fingerprint density at radius 3 is 2.65 bits per heavy atom. The Bertz CT molecular complexity index is 391. The molecule has 0 spiro atoms. The van der Waals surface area contributed by atoms with Gasteiger partial charge in [-0.3, -0.25) is 0 Å². The van der Waals surface area contributed by atoms with E-state index >= 15 is 0 Å². The molecule has 3 fully saturated rings. The lowest BCUT2D eigenvalue weighted by molar-refractivity contribution is 0.0731. The Morgan fingerprint density at radius 2 is 1.91 bits per heavy atom. The first-order valence-corrected chi connectivity index (χ1v) is 9.99. The minimum atomic E-state index is 0.422. The van der Waals surface area contributed by atoms with Gasteiger partial charge in [-0.15, -0.1) is 0 Å². The predicted molar refractivity (Wildman–Crippen MR) is 96.2 cm³/mol. The molecule has 23 heavy (non-hydrogen) atoms. The molecule has 0 aromatic rings. The molecule has 1 heterocycles. The third-order valence-corrected chi connectivity index (χ3v) is 6.60. The Hall–Kier alpha value is -0.700. The van der Waals surface area contributed by atoms with Crippen LogP contribution in [0.25, 0.3) is 0 Å². The molecule has 0 amide bonds. The highest BCUT2D eigenvalue weighted by Gasteiger charge is 2.43. The van der Waals surface area contributed by atoms with Crippen molar-refractivity contribution in [2.24, 2.45) is 11.8 Å². The van der Waals surface area contributed by atoms with Crippen LogP contribution in [-0.4, -0.2) is 48.6 Å². The van der Waals surface area contributed by atoms with Crippen LogP contribution in [0, 0.1) is 11.8 Å². The Balaban J connectivity index is 1.54. The minimum absolute atomic E-state index is 0.422. The van der Waals surface area contributed by atoms with Crippen LogP contribution >= 0.6 is 0 Å². The lowest BCUT2D eigenvalue weighted by Gasteiger charge is -2.39. The number of nitrogens with zero attached hydrogens (tertiary/aromatic N) is 2. The van der Waals surface area contributed by atoms with Crippen LogP contribution < -0.4 is 0 Å². The lowest BCUT2D eigenvalue weighted by Crippen LogP contribution is -2.42. The van der Waals surface area contributed by atoms with Gasteiger partial charge in [-0.25, -0.2) is 0 Å². The van der Waals surface area contributed by atoms with Gasteiger partial charge in [-0.05, 0) is 64.2 Å². The van der Waals surface area contributed by atoms with Crippen molar-refractivity contribution in [2.45, 2.75) is 76.9 Å². The van der Waals surface area contributed by atoms with Crippen molar-refractivity contribution in [1.29, 1.82) is 0 Å². The minimum Gasteiger partial charge on any atom is -0.474 e. The van der Waals surface area contributed by atoms with Gasteiger partial charge < -0.3 is 14.5 Å². The van der Waals surface area contributed by atoms with Gasteiger partial charge in [-0.1, -0.05) is 39.0 Å². The molecular weight excluding hydrogens is 284 g/mol. The smallest absolute Gasteiger partial charge is 0.182 e. The SMILES string of the molecule is C=C1OC2CCC(C3CCCCC3)CC2N1CCCN(C)CC. The highest BCUT2D eigenvalue weighted by atomic mass is 16.5. The molecule has 3 atom stereocenters. The molecule has 3 rings (SSSR count). The molecule has 3 unspecified atom stereocenters. The van der Waals surface area contributed by atoms with E-state index in [1.54, 1.807) is 0 Å². The number of hydrogen-bond donors (Lipinski definition) is 0. The third-order valence-electron chi connectivity index (χ3n) is 6.60. The lowest BCUT2D eigenvalue weighted by atomic mass is 9.71. The van der Waals surface area contributed by atoms with E-state index in [9.17, 15) is 0 Å². The summed E-state index contributed by atoms with van der Waals surface area (Å²) in [5.41, 5.74) is 0. The van der Waals surface area contributed by atoms with E-state index in [1.165, 1.54) is 64.3 Å². The summed E-state index contributed by atoms with van der Waals surface area (Å²) in [6, 6.07) is 0.607. The first kappa shape index (κ1) is 17.1. The van der Waals surface area contributed by atoms with Crippen LogP contribution in [0.3, 0.4) is 0 Å². The van der Waals surface area contributed by atoms with E-state index < -0.39 is 0 Å². The summed E-state index contributed by atoms with van der Waals surface area (Å²) in [4.78, 5) is 4.89. The first-order valence-electron chi connectivity index (χ1n) is 9.99. The highest BCUT2D eigenvalue weighted by Crippen LogP contribution is 2.43. The molecule has 0 aromatic heterocycles. The van der Waals surface area contributed by atoms with Crippen LogP contribution in [0.4, 0.5) is 0 Å². The van der Waals surface area contributed by atoms with E-state index in [1.807, 2.05) is 0 Å². The van der Waals surface area contributed by atoms with Crippen LogP contribution in [0.1, 0.15) is 64.7 Å². The average molecular weight is 321 g/mol. The number of fused-ring (bicyclic) bond motifs is 1. The second-order valence-electron chi connectivity index (χ2n) is 8.03. The summed E-state index contributed by atoms with van der Waals surface area (Å²) >= 11 is 0. The maximum Gasteiger partial charge on any atom is 0.182 e. The van der Waals surface area contributed by atoms with Crippen molar-refractivity contribution >= 4 is 0 Å². The molecule has 3 heteroatoms. The van der Waals surface area contributed by atoms with Crippen molar-refractivity contribution in [1.82, 2.24) is 9.80 Å². The standard InChI is InChI=1S/C20H36N2O/c1-4-21(3)13-8-14-22-16(2)23-20-12-11-18(15-19(20)22)17-9-6-5-7-10-17/h17-20H,2,4-15H2,1,3H3. The Labute approximate surface area is 143 Å². The van der Waals surface area contributed by atoms with Crippen LogP contribution in [0.15, 0.2) is 12.5 Å². The molecule has 1 aliphatic heterocycles. The predicted octanol–water partition coefficient (Wildman–Crippen LogP) is 4.25. The first-order chi connectivity index (χ1) is 11.2. The van der Waals surface area contributed by atoms with Crippen molar-refractivity contribution in [3.63, 3.8) is 0 Å². The molecule has 3 nitrogen and oxygen atoms in total. The van der Waals surface area contributed by atoms with E-state index in [-0.39, 0.29) is 0 Å². The molecule has 0 N–H and O–H groups in total. The average Bonchev–Trinajstić information content (AvgIpc) is 2.90. The second-order valence-corrected chi connectivity index (χ2v) is 8.03. The molecule has 1 saturated heterocycles. The molecular formula is C20H36N2O. The fraction of sp³-hybridized carbons (Fsp3) is 0.900.